The second kappa shape index (κ2) is 6.85. The van der Waals surface area contributed by atoms with Crippen LogP contribution in [0.3, 0.4) is 0 Å². The molecular formula is C15H16N2OS. The van der Waals surface area contributed by atoms with Crippen LogP contribution in [0.2, 0.25) is 0 Å². The van der Waals surface area contributed by atoms with Gasteiger partial charge in [-0.3, -0.25) is 4.98 Å². The molecule has 0 saturated carbocycles. The Hall–Kier alpha value is -1.94. The highest BCUT2D eigenvalue weighted by Gasteiger charge is 2.05. The van der Waals surface area contributed by atoms with Gasteiger partial charge in [0.1, 0.15) is 10.7 Å². The number of benzene rings is 1. The summed E-state index contributed by atoms with van der Waals surface area (Å²) in [5.41, 5.74) is 7.69. The highest BCUT2D eigenvalue weighted by Crippen LogP contribution is 2.16. The van der Waals surface area contributed by atoms with Crippen LogP contribution in [-0.4, -0.2) is 16.6 Å². The lowest BCUT2D eigenvalue weighted by atomic mass is 10.1. The van der Waals surface area contributed by atoms with E-state index in [-0.39, 0.29) is 0 Å². The van der Waals surface area contributed by atoms with Gasteiger partial charge in [-0.05, 0) is 24.5 Å². The molecule has 4 heteroatoms. The highest BCUT2D eigenvalue weighted by atomic mass is 32.1. The molecule has 1 aromatic carbocycles. The normalized spacial score (nSPS) is 10.1. The number of aryl methyl sites for hydroxylation is 1. The topological polar surface area (TPSA) is 48.1 Å². The van der Waals surface area contributed by atoms with E-state index in [1.54, 1.807) is 18.5 Å². The van der Waals surface area contributed by atoms with Crippen molar-refractivity contribution in [1.29, 1.82) is 0 Å². The van der Waals surface area contributed by atoms with Gasteiger partial charge in [-0.15, -0.1) is 0 Å². The summed E-state index contributed by atoms with van der Waals surface area (Å²) in [6.07, 6.45) is 5.24. The van der Waals surface area contributed by atoms with Gasteiger partial charge in [-0.2, -0.15) is 0 Å². The smallest absolute Gasteiger partial charge is 0.147 e. The first-order chi connectivity index (χ1) is 9.27. The SMILES string of the molecule is NC(=S)c1ccncc1OCCCc1ccccc1. The quantitative estimate of drug-likeness (QED) is 0.649. The minimum absolute atomic E-state index is 0.334. The van der Waals surface area contributed by atoms with Gasteiger partial charge in [0.15, 0.2) is 0 Å². The average molecular weight is 272 g/mol. The number of nitrogens with two attached hydrogens (primary N) is 1. The van der Waals surface area contributed by atoms with E-state index in [1.165, 1.54) is 5.56 Å². The lowest BCUT2D eigenvalue weighted by Gasteiger charge is -2.09. The molecule has 1 heterocycles. The third kappa shape index (κ3) is 4.03. The summed E-state index contributed by atoms with van der Waals surface area (Å²) in [5.74, 6) is 0.656. The summed E-state index contributed by atoms with van der Waals surface area (Å²) < 4.78 is 5.69. The Balaban J connectivity index is 1.85. The van der Waals surface area contributed by atoms with Crippen LogP contribution in [0.15, 0.2) is 48.8 Å². The van der Waals surface area contributed by atoms with Crippen molar-refractivity contribution in [3.63, 3.8) is 0 Å². The Kier molecular flexibility index (Phi) is 4.86. The molecule has 3 nitrogen and oxygen atoms in total. The van der Waals surface area contributed by atoms with Crippen LogP contribution in [0.5, 0.6) is 5.75 Å². The first-order valence-corrected chi connectivity index (χ1v) is 6.59. The van der Waals surface area contributed by atoms with Gasteiger partial charge in [-0.1, -0.05) is 42.5 Å². The summed E-state index contributed by atoms with van der Waals surface area (Å²) in [5, 5.41) is 0. The Morgan fingerprint density at radius 3 is 2.74 bits per heavy atom. The zero-order valence-electron chi connectivity index (χ0n) is 10.6. The molecule has 0 saturated heterocycles. The number of ether oxygens (including phenoxy) is 1. The van der Waals surface area contributed by atoms with E-state index in [2.05, 4.69) is 17.1 Å². The molecule has 0 aliphatic carbocycles. The average Bonchev–Trinajstić information content (AvgIpc) is 2.45. The molecule has 0 fully saturated rings. The van der Waals surface area contributed by atoms with Crippen molar-refractivity contribution in [1.82, 2.24) is 4.98 Å². The van der Waals surface area contributed by atoms with Gasteiger partial charge in [-0.25, -0.2) is 0 Å². The van der Waals surface area contributed by atoms with Gasteiger partial charge in [0, 0.05) is 6.20 Å². The molecule has 0 amide bonds. The van der Waals surface area contributed by atoms with Crippen molar-refractivity contribution >= 4 is 17.2 Å². The fourth-order valence-electron chi connectivity index (χ4n) is 1.80. The predicted molar refractivity (Wildman–Crippen MR) is 80.4 cm³/mol. The van der Waals surface area contributed by atoms with Crippen molar-refractivity contribution in [2.24, 2.45) is 5.73 Å². The summed E-state index contributed by atoms with van der Waals surface area (Å²) in [6, 6.07) is 12.1. The number of rotatable bonds is 6. The number of hydrogen-bond donors (Lipinski definition) is 1. The molecule has 0 radical (unpaired) electrons. The maximum atomic E-state index is 5.69. The fraction of sp³-hybridized carbons (Fsp3) is 0.200. The molecular weight excluding hydrogens is 256 g/mol. The Morgan fingerprint density at radius 2 is 2.00 bits per heavy atom. The predicted octanol–water partition coefficient (Wildman–Crippen LogP) is 2.73. The van der Waals surface area contributed by atoms with Crippen molar-refractivity contribution in [3.05, 3.63) is 59.9 Å². The molecule has 0 bridgehead atoms. The van der Waals surface area contributed by atoms with E-state index < -0.39 is 0 Å². The lowest BCUT2D eigenvalue weighted by Crippen LogP contribution is -2.12. The largest absolute Gasteiger partial charge is 0.491 e. The molecule has 2 aromatic rings. The number of thiocarbonyl (C=S) groups is 1. The Labute approximate surface area is 118 Å². The van der Waals surface area contributed by atoms with Gasteiger partial charge in [0.05, 0.1) is 18.4 Å². The van der Waals surface area contributed by atoms with Crippen molar-refractivity contribution < 1.29 is 4.74 Å². The zero-order valence-corrected chi connectivity index (χ0v) is 11.4. The van der Waals surface area contributed by atoms with Crippen molar-refractivity contribution in [2.45, 2.75) is 12.8 Å². The van der Waals surface area contributed by atoms with Crippen LogP contribution >= 0.6 is 12.2 Å². The molecule has 0 unspecified atom stereocenters. The van der Waals surface area contributed by atoms with Crippen LogP contribution < -0.4 is 10.5 Å². The zero-order chi connectivity index (χ0) is 13.5. The lowest BCUT2D eigenvalue weighted by molar-refractivity contribution is 0.309. The Morgan fingerprint density at radius 1 is 1.21 bits per heavy atom. The van der Waals surface area contributed by atoms with Crippen molar-refractivity contribution in [2.75, 3.05) is 6.61 Å². The van der Waals surface area contributed by atoms with E-state index in [0.717, 1.165) is 18.4 Å². The second-order valence-corrected chi connectivity index (χ2v) is 4.61. The molecule has 2 N–H and O–H groups in total. The van der Waals surface area contributed by atoms with E-state index in [4.69, 9.17) is 22.7 Å². The number of aromatic nitrogens is 1. The summed E-state index contributed by atoms with van der Waals surface area (Å²) in [7, 11) is 0. The Bertz CT molecular complexity index is 543. The van der Waals surface area contributed by atoms with E-state index in [1.807, 2.05) is 18.2 Å². The summed E-state index contributed by atoms with van der Waals surface area (Å²) in [4.78, 5) is 4.36. The number of pyridine rings is 1. The minimum Gasteiger partial charge on any atom is -0.491 e. The van der Waals surface area contributed by atoms with Gasteiger partial charge in [0.2, 0.25) is 0 Å². The molecule has 0 aliphatic heterocycles. The van der Waals surface area contributed by atoms with Crippen LogP contribution in [0, 0.1) is 0 Å². The number of nitrogens with zero attached hydrogens (tertiary/aromatic N) is 1. The maximum absolute atomic E-state index is 5.69. The monoisotopic (exact) mass is 272 g/mol. The molecule has 1 aromatic heterocycles. The molecule has 0 spiro atoms. The third-order valence-corrected chi connectivity index (χ3v) is 2.98. The summed E-state index contributed by atoms with van der Waals surface area (Å²) >= 11 is 4.97. The van der Waals surface area contributed by atoms with Crippen LogP contribution in [-0.2, 0) is 6.42 Å². The molecule has 98 valence electrons. The third-order valence-electron chi connectivity index (χ3n) is 2.76. The standard InChI is InChI=1S/C15H16N2OS/c16-15(19)13-8-9-17-11-14(13)18-10-4-7-12-5-2-1-3-6-12/h1-3,5-6,8-9,11H,4,7,10H2,(H2,16,19). The van der Waals surface area contributed by atoms with Crippen LogP contribution in [0.25, 0.3) is 0 Å². The first-order valence-electron chi connectivity index (χ1n) is 6.18. The van der Waals surface area contributed by atoms with E-state index in [0.29, 0.717) is 17.3 Å². The van der Waals surface area contributed by atoms with Crippen LogP contribution in [0.1, 0.15) is 17.5 Å². The minimum atomic E-state index is 0.334. The fourth-order valence-corrected chi connectivity index (χ4v) is 1.97. The van der Waals surface area contributed by atoms with Crippen LogP contribution in [0.4, 0.5) is 0 Å². The highest BCUT2D eigenvalue weighted by molar-refractivity contribution is 7.80. The summed E-state index contributed by atoms with van der Waals surface area (Å²) in [6.45, 7) is 0.621. The van der Waals surface area contributed by atoms with E-state index in [9.17, 15) is 0 Å². The second-order valence-electron chi connectivity index (χ2n) is 4.17. The molecule has 0 aliphatic rings. The van der Waals surface area contributed by atoms with Gasteiger partial charge in [0.25, 0.3) is 0 Å². The van der Waals surface area contributed by atoms with Gasteiger partial charge >= 0.3 is 0 Å². The first kappa shape index (κ1) is 13.5. The molecule has 0 atom stereocenters. The molecule has 2 rings (SSSR count). The van der Waals surface area contributed by atoms with Gasteiger partial charge < -0.3 is 10.5 Å². The maximum Gasteiger partial charge on any atom is 0.147 e. The van der Waals surface area contributed by atoms with E-state index >= 15 is 0 Å². The molecule has 19 heavy (non-hydrogen) atoms. The van der Waals surface area contributed by atoms with Crippen molar-refractivity contribution in [3.8, 4) is 5.75 Å². The number of hydrogen-bond acceptors (Lipinski definition) is 3.